The molecule has 0 aromatic heterocycles. The molecule has 0 saturated carbocycles. The highest BCUT2D eigenvalue weighted by molar-refractivity contribution is 6.32. The third kappa shape index (κ3) is 7.73. The number of hydrogen-bond acceptors (Lipinski definition) is 5. The fourth-order valence-corrected chi connectivity index (χ4v) is 9.38. The number of benzene rings is 8. The maximum atomic E-state index is 10.9. The fraction of sp³-hybridized carbons (Fsp3) is 0.111. The molecule has 7 heteroatoms. The zero-order chi connectivity index (χ0) is 42.4. The molecule has 0 aliphatic carbocycles. The van der Waals surface area contributed by atoms with Crippen molar-refractivity contribution in [2.45, 2.75) is 23.0 Å². The summed E-state index contributed by atoms with van der Waals surface area (Å²) in [5.74, 6) is 1.42. The quantitative estimate of drug-likeness (QED) is 0.107. The molecule has 0 radical (unpaired) electrons. The van der Waals surface area contributed by atoms with E-state index in [0.29, 0.717) is 32.7 Å². The molecule has 0 bridgehead atoms. The monoisotopic (exact) mass is 842 g/mol. The normalized spacial score (nSPS) is 12.7. The summed E-state index contributed by atoms with van der Waals surface area (Å²) < 4.78 is 19.6. The third-order valence-electron chi connectivity index (χ3n) is 11.6. The maximum Gasteiger partial charge on any atom is 0.118 e. The average molecular weight is 844 g/mol. The summed E-state index contributed by atoms with van der Waals surface area (Å²) in [5, 5.41) is 22.4. The second kappa shape index (κ2) is 18.0. The van der Waals surface area contributed by atoms with Gasteiger partial charge >= 0.3 is 0 Å². The second-order valence-corrected chi connectivity index (χ2v) is 15.7. The van der Waals surface area contributed by atoms with E-state index < -0.39 is 23.0 Å². The summed E-state index contributed by atoms with van der Waals surface area (Å²) >= 11 is 14.8. The van der Waals surface area contributed by atoms with Gasteiger partial charge in [0, 0.05) is 11.1 Å². The number of methoxy groups -OCH3 is 2. The lowest BCUT2D eigenvalue weighted by molar-refractivity contribution is -0.0640. The van der Waals surface area contributed by atoms with Gasteiger partial charge in [-0.05, 0) is 81.9 Å². The standard InChI is InChI=1S/C54H44Cl2O5/c1-59-45-29-23-41(24-30-45)53(37-15-7-3-8-16-37,38-17-9-4-10-18-38)51(47-33-27-43(57)35-49(47)55)61-52(48-34-28-44(58)36-50(48)56)54(39-19-11-5-12-20-39,40-21-13-6-14-22-40)42-25-31-46(60-2)32-26-42/h3-36,51-52,57-58H,1-2H3. The van der Waals surface area contributed by atoms with Gasteiger partial charge in [0.1, 0.15) is 35.2 Å². The Balaban J connectivity index is 1.57. The van der Waals surface area contributed by atoms with E-state index >= 15 is 0 Å². The number of ether oxygens (including phenoxy) is 3. The Kier molecular flexibility index (Phi) is 12.2. The lowest BCUT2D eigenvalue weighted by Crippen LogP contribution is -2.44. The van der Waals surface area contributed by atoms with E-state index in [1.54, 1.807) is 38.5 Å². The molecule has 2 unspecified atom stereocenters. The molecule has 5 nitrogen and oxygen atoms in total. The van der Waals surface area contributed by atoms with Crippen LogP contribution in [-0.2, 0) is 15.6 Å². The van der Waals surface area contributed by atoms with Crippen LogP contribution in [0.15, 0.2) is 206 Å². The number of rotatable bonds is 14. The number of halogens is 2. The van der Waals surface area contributed by atoms with Gasteiger partial charge in [0.2, 0.25) is 0 Å². The minimum absolute atomic E-state index is 0.0150. The van der Waals surface area contributed by atoms with Crippen LogP contribution in [-0.4, -0.2) is 24.4 Å². The van der Waals surface area contributed by atoms with Crippen LogP contribution in [0.3, 0.4) is 0 Å². The summed E-state index contributed by atoms with van der Waals surface area (Å²) in [6.45, 7) is 0. The van der Waals surface area contributed by atoms with E-state index in [-0.39, 0.29) is 11.5 Å². The van der Waals surface area contributed by atoms with Crippen LogP contribution >= 0.6 is 23.2 Å². The third-order valence-corrected chi connectivity index (χ3v) is 12.3. The Labute approximate surface area is 367 Å². The predicted octanol–water partition coefficient (Wildman–Crippen LogP) is 13.3. The van der Waals surface area contributed by atoms with E-state index in [1.165, 1.54) is 0 Å². The lowest BCUT2D eigenvalue weighted by atomic mass is 9.62. The molecule has 0 spiro atoms. The van der Waals surface area contributed by atoms with Crippen LogP contribution in [0.25, 0.3) is 0 Å². The molecule has 0 aliphatic heterocycles. The summed E-state index contributed by atoms with van der Waals surface area (Å²) in [4.78, 5) is 0. The molecule has 8 aromatic rings. The van der Waals surface area contributed by atoms with E-state index in [0.717, 1.165) is 33.4 Å². The largest absolute Gasteiger partial charge is 0.508 e. The van der Waals surface area contributed by atoms with E-state index in [2.05, 4.69) is 72.8 Å². The topological polar surface area (TPSA) is 68.2 Å². The molecular formula is C54H44Cl2O5. The second-order valence-electron chi connectivity index (χ2n) is 14.8. The van der Waals surface area contributed by atoms with Crippen molar-refractivity contribution in [1.29, 1.82) is 0 Å². The molecule has 2 N–H and O–H groups in total. The molecule has 304 valence electrons. The molecule has 0 saturated heterocycles. The molecule has 8 aromatic carbocycles. The van der Waals surface area contributed by atoms with Gasteiger partial charge in [-0.25, -0.2) is 0 Å². The van der Waals surface area contributed by atoms with Crippen molar-refractivity contribution in [3.8, 4) is 23.0 Å². The van der Waals surface area contributed by atoms with Crippen molar-refractivity contribution in [2.75, 3.05) is 14.2 Å². The zero-order valence-electron chi connectivity index (χ0n) is 33.7. The van der Waals surface area contributed by atoms with Gasteiger partial charge in [-0.2, -0.15) is 0 Å². The van der Waals surface area contributed by atoms with Crippen LogP contribution in [0.5, 0.6) is 23.0 Å². The summed E-state index contributed by atoms with van der Waals surface area (Å²) in [7, 11) is 3.30. The predicted molar refractivity (Wildman–Crippen MR) is 244 cm³/mol. The van der Waals surface area contributed by atoms with Gasteiger partial charge in [-0.1, -0.05) is 181 Å². The number of phenols is 2. The number of aromatic hydroxyl groups is 2. The highest BCUT2D eigenvalue weighted by Crippen LogP contribution is 2.59. The van der Waals surface area contributed by atoms with Crippen molar-refractivity contribution in [2.24, 2.45) is 0 Å². The highest BCUT2D eigenvalue weighted by Gasteiger charge is 2.53. The molecule has 0 fully saturated rings. The number of phenolic OH excluding ortho intramolecular Hbond substituents is 2. The number of hydrogen-bond donors (Lipinski definition) is 2. The zero-order valence-corrected chi connectivity index (χ0v) is 35.2. The first kappa shape index (κ1) is 41.2. The van der Waals surface area contributed by atoms with Crippen LogP contribution in [0.4, 0.5) is 0 Å². The van der Waals surface area contributed by atoms with Gasteiger partial charge in [0.05, 0.1) is 35.1 Å². The minimum atomic E-state index is -1.13. The van der Waals surface area contributed by atoms with E-state index in [1.807, 2.05) is 109 Å². The molecule has 0 amide bonds. The molecule has 0 heterocycles. The Bertz CT molecular complexity index is 2410. The Hall–Kier alpha value is -6.50. The van der Waals surface area contributed by atoms with Gasteiger partial charge in [-0.3, -0.25) is 0 Å². The van der Waals surface area contributed by atoms with Crippen molar-refractivity contribution >= 4 is 23.2 Å². The molecule has 8 rings (SSSR count). The van der Waals surface area contributed by atoms with Crippen molar-refractivity contribution < 1.29 is 24.4 Å². The fourth-order valence-electron chi connectivity index (χ4n) is 8.83. The maximum absolute atomic E-state index is 10.9. The van der Waals surface area contributed by atoms with Crippen molar-refractivity contribution in [1.82, 2.24) is 0 Å². The smallest absolute Gasteiger partial charge is 0.118 e. The van der Waals surface area contributed by atoms with E-state index in [4.69, 9.17) is 37.4 Å². The molecule has 61 heavy (non-hydrogen) atoms. The van der Waals surface area contributed by atoms with Gasteiger partial charge < -0.3 is 24.4 Å². The lowest BCUT2D eigenvalue weighted by Gasteiger charge is -2.49. The molecule has 0 aliphatic rings. The van der Waals surface area contributed by atoms with Gasteiger partial charge in [0.15, 0.2) is 0 Å². The SMILES string of the molecule is COc1ccc(C(c2ccccc2)(c2ccccc2)C(OC(c2ccc(O)cc2Cl)C(c2ccccc2)(c2ccccc2)c2ccc(OC)cc2)c2ccc(O)cc2Cl)cc1. The molecule has 2 atom stereocenters. The Morgan fingerprint density at radius 1 is 0.377 bits per heavy atom. The van der Waals surface area contributed by atoms with Crippen LogP contribution < -0.4 is 9.47 Å². The van der Waals surface area contributed by atoms with Gasteiger partial charge in [0.25, 0.3) is 0 Å². The molecular weight excluding hydrogens is 799 g/mol. The van der Waals surface area contributed by atoms with Crippen LogP contribution in [0.1, 0.15) is 56.7 Å². The van der Waals surface area contributed by atoms with Crippen LogP contribution in [0.2, 0.25) is 10.0 Å². The minimum Gasteiger partial charge on any atom is -0.508 e. The van der Waals surface area contributed by atoms with Gasteiger partial charge in [-0.15, -0.1) is 0 Å². The van der Waals surface area contributed by atoms with E-state index in [9.17, 15) is 10.2 Å². The average Bonchev–Trinajstić information content (AvgIpc) is 3.31. The summed E-state index contributed by atoms with van der Waals surface area (Å²) in [6.07, 6.45) is -1.89. The summed E-state index contributed by atoms with van der Waals surface area (Å²) in [5.41, 5.74) is 4.45. The first-order valence-electron chi connectivity index (χ1n) is 19.9. The van der Waals surface area contributed by atoms with Crippen molar-refractivity contribution in [3.63, 3.8) is 0 Å². The van der Waals surface area contributed by atoms with Crippen molar-refractivity contribution in [3.05, 3.63) is 261 Å². The highest BCUT2D eigenvalue weighted by atomic mass is 35.5. The first-order valence-corrected chi connectivity index (χ1v) is 20.7. The van der Waals surface area contributed by atoms with Crippen LogP contribution in [0, 0.1) is 0 Å². The first-order chi connectivity index (χ1) is 29.8. The summed E-state index contributed by atoms with van der Waals surface area (Å²) in [6, 6.07) is 67.2. The Morgan fingerprint density at radius 2 is 0.656 bits per heavy atom. The Morgan fingerprint density at radius 3 is 0.918 bits per heavy atom.